The second kappa shape index (κ2) is 9.61. The van der Waals surface area contributed by atoms with E-state index in [4.69, 9.17) is 9.47 Å². The van der Waals surface area contributed by atoms with Gasteiger partial charge in [-0.2, -0.15) is 0 Å². The summed E-state index contributed by atoms with van der Waals surface area (Å²) in [4.78, 5) is 0. The van der Waals surface area contributed by atoms with Crippen molar-refractivity contribution in [2.45, 2.75) is 65.0 Å². The summed E-state index contributed by atoms with van der Waals surface area (Å²) in [5, 5.41) is 3.53. The van der Waals surface area contributed by atoms with Gasteiger partial charge in [-0.3, -0.25) is 0 Å². The summed E-state index contributed by atoms with van der Waals surface area (Å²) < 4.78 is 11.4. The van der Waals surface area contributed by atoms with E-state index in [0.29, 0.717) is 0 Å². The van der Waals surface area contributed by atoms with E-state index in [2.05, 4.69) is 37.4 Å². The minimum absolute atomic E-state index is 0.205. The number of hydrogen-bond donors (Lipinski definition) is 1. The molecule has 0 heterocycles. The number of allylic oxidation sites excluding steroid dienone is 1. The molecule has 0 saturated heterocycles. The Kier molecular flexibility index (Phi) is 7.47. The highest BCUT2D eigenvalue weighted by molar-refractivity contribution is 5.43. The number of nitrogens with one attached hydrogen (secondary N) is 1. The molecule has 3 heteroatoms. The van der Waals surface area contributed by atoms with E-state index in [1.165, 1.54) is 37.7 Å². The molecule has 1 aromatic carbocycles. The largest absolute Gasteiger partial charge is 0.493 e. The second-order valence-corrected chi connectivity index (χ2v) is 6.36. The van der Waals surface area contributed by atoms with Crippen LogP contribution in [0.15, 0.2) is 29.8 Å². The normalized spacial score (nSPS) is 15.9. The first kappa shape index (κ1) is 17.9. The third-order valence-corrected chi connectivity index (χ3v) is 4.47. The lowest BCUT2D eigenvalue weighted by molar-refractivity contribution is 0.207. The molecule has 1 N–H and O–H groups in total. The SMILES string of the molecule is CCC(C)Oc1ccc(CNCCC2=CCCCC2)cc1OC. The Hall–Kier alpha value is -1.48. The molecular formula is C20H31NO2. The highest BCUT2D eigenvalue weighted by Gasteiger charge is 2.09. The number of hydrogen-bond acceptors (Lipinski definition) is 3. The molecule has 0 amide bonds. The van der Waals surface area contributed by atoms with Crippen LogP contribution in [0.2, 0.25) is 0 Å². The summed E-state index contributed by atoms with van der Waals surface area (Å²) in [5.41, 5.74) is 2.86. The first-order valence-electron chi connectivity index (χ1n) is 8.95. The van der Waals surface area contributed by atoms with E-state index in [1.54, 1.807) is 12.7 Å². The van der Waals surface area contributed by atoms with Crippen molar-refractivity contribution in [3.05, 3.63) is 35.4 Å². The zero-order valence-corrected chi connectivity index (χ0v) is 14.9. The summed E-state index contributed by atoms with van der Waals surface area (Å²) in [6, 6.07) is 6.21. The summed E-state index contributed by atoms with van der Waals surface area (Å²) in [6.07, 6.45) is 10.1. The van der Waals surface area contributed by atoms with Gasteiger partial charge in [0.05, 0.1) is 13.2 Å². The molecular weight excluding hydrogens is 286 g/mol. The Morgan fingerprint density at radius 2 is 2.09 bits per heavy atom. The Morgan fingerprint density at radius 1 is 1.22 bits per heavy atom. The molecule has 0 fully saturated rings. The average molecular weight is 317 g/mol. The smallest absolute Gasteiger partial charge is 0.161 e. The van der Waals surface area contributed by atoms with Gasteiger partial charge >= 0.3 is 0 Å². The molecule has 1 atom stereocenters. The van der Waals surface area contributed by atoms with Crippen molar-refractivity contribution in [1.29, 1.82) is 0 Å². The maximum atomic E-state index is 5.89. The van der Waals surface area contributed by atoms with Gasteiger partial charge in [-0.25, -0.2) is 0 Å². The van der Waals surface area contributed by atoms with Gasteiger partial charge in [-0.15, -0.1) is 0 Å². The summed E-state index contributed by atoms with van der Waals surface area (Å²) in [5.74, 6) is 1.65. The molecule has 3 nitrogen and oxygen atoms in total. The monoisotopic (exact) mass is 317 g/mol. The molecule has 0 bridgehead atoms. The standard InChI is InChI=1S/C20H31NO2/c1-4-16(2)23-19-11-10-18(14-20(19)22-3)15-21-13-12-17-8-6-5-7-9-17/h8,10-11,14,16,21H,4-7,9,12-13,15H2,1-3H3. The fraction of sp³-hybridized carbons (Fsp3) is 0.600. The topological polar surface area (TPSA) is 30.5 Å². The van der Waals surface area contributed by atoms with E-state index in [0.717, 1.165) is 31.0 Å². The van der Waals surface area contributed by atoms with Crippen molar-refractivity contribution < 1.29 is 9.47 Å². The summed E-state index contributed by atoms with van der Waals surface area (Å²) >= 11 is 0. The maximum absolute atomic E-state index is 5.89. The van der Waals surface area contributed by atoms with E-state index < -0.39 is 0 Å². The van der Waals surface area contributed by atoms with Gasteiger partial charge in [-0.1, -0.05) is 24.6 Å². The molecule has 0 spiro atoms. The molecule has 0 saturated carbocycles. The van der Waals surface area contributed by atoms with Gasteiger partial charge in [0, 0.05) is 6.54 Å². The molecule has 2 rings (SSSR count). The van der Waals surface area contributed by atoms with Crippen LogP contribution >= 0.6 is 0 Å². The Bertz CT molecular complexity index is 510. The highest BCUT2D eigenvalue weighted by Crippen LogP contribution is 2.29. The van der Waals surface area contributed by atoms with Gasteiger partial charge in [0.2, 0.25) is 0 Å². The van der Waals surface area contributed by atoms with Gasteiger partial charge in [0.1, 0.15) is 0 Å². The van der Waals surface area contributed by atoms with Crippen LogP contribution in [0.1, 0.15) is 57.9 Å². The molecule has 0 aliphatic heterocycles. The van der Waals surface area contributed by atoms with Crippen molar-refractivity contribution in [1.82, 2.24) is 5.32 Å². The Morgan fingerprint density at radius 3 is 2.78 bits per heavy atom. The molecule has 0 aromatic heterocycles. The van der Waals surface area contributed by atoms with Crippen molar-refractivity contribution in [2.24, 2.45) is 0 Å². The van der Waals surface area contributed by atoms with Crippen LogP contribution in [0, 0.1) is 0 Å². The Labute approximate surface area is 141 Å². The van der Waals surface area contributed by atoms with Crippen LogP contribution in [0.5, 0.6) is 11.5 Å². The van der Waals surface area contributed by atoms with E-state index in [1.807, 2.05) is 6.07 Å². The van der Waals surface area contributed by atoms with Gasteiger partial charge < -0.3 is 14.8 Å². The van der Waals surface area contributed by atoms with Crippen LogP contribution in [0.3, 0.4) is 0 Å². The summed E-state index contributed by atoms with van der Waals surface area (Å²) in [7, 11) is 1.70. The number of benzene rings is 1. The lowest BCUT2D eigenvalue weighted by Gasteiger charge is -2.16. The zero-order valence-electron chi connectivity index (χ0n) is 14.9. The molecule has 128 valence electrons. The minimum Gasteiger partial charge on any atom is -0.493 e. The van der Waals surface area contributed by atoms with Crippen molar-refractivity contribution in [3.63, 3.8) is 0 Å². The molecule has 0 radical (unpaired) electrons. The number of methoxy groups -OCH3 is 1. The summed E-state index contributed by atoms with van der Waals surface area (Å²) in [6.45, 7) is 6.11. The molecule has 1 unspecified atom stereocenters. The van der Waals surface area contributed by atoms with Crippen LogP contribution < -0.4 is 14.8 Å². The van der Waals surface area contributed by atoms with E-state index in [-0.39, 0.29) is 6.10 Å². The molecule has 23 heavy (non-hydrogen) atoms. The van der Waals surface area contributed by atoms with E-state index in [9.17, 15) is 0 Å². The minimum atomic E-state index is 0.205. The van der Waals surface area contributed by atoms with Crippen LogP contribution in [0.25, 0.3) is 0 Å². The third kappa shape index (κ3) is 5.91. The zero-order chi connectivity index (χ0) is 16.5. The number of rotatable bonds is 9. The van der Waals surface area contributed by atoms with Crippen molar-refractivity contribution >= 4 is 0 Å². The molecule has 1 aliphatic rings. The second-order valence-electron chi connectivity index (χ2n) is 6.36. The van der Waals surface area contributed by atoms with Crippen LogP contribution in [0.4, 0.5) is 0 Å². The highest BCUT2D eigenvalue weighted by atomic mass is 16.5. The third-order valence-electron chi connectivity index (χ3n) is 4.47. The van der Waals surface area contributed by atoms with Gasteiger partial charge in [0.25, 0.3) is 0 Å². The fourth-order valence-electron chi connectivity index (χ4n) is 2.83. The predicted octanol–water partition coefficient (Wildman–Crippen LogP) is 4.85. The quantitative estimate of drug-likeness (QED) is 0.521. The fourth-order valence-corrected chi connectivity index (χ4v) is 2.83. The van der Waals surface area contributed by atoms with Crippen LogP contribution in [-0.4, -0.2) is 19.8 Å². The first-order chi connectivity index (χ1) is 11.2. The van der Waals surface area contributed by atoms with Gasteiger partial charge in [-0.05, 0) is 69.7 Å². The average Bonchev–Trinajstić information content (AvgIpc) is 2.60. The van der Waals surface area contributed by atoms with Crippen molar-refractivity contribution in [2.75, 3.05) is 13.7 Å². The first-order valence-corrected chi connectivity index (χ1v) is 8.95. The maximum Gasteiger partial charge on any atom is 0.161 e. The molecule has 1 aromatic rings. The van der Waals surface area contributed by atoms with E-state index >= 15 is 0 Å². The Balaban J connectivity index is 1.81. The van der Waals surface area contributed by atoms with Crippen molar-refractivity contribution in [3.8, 4) is 11.5 Å². The lowest BCUT2D eigenvalue weighted by Crippen LogP contribution is -2.16. The lowest BCUT2D eigenvalue weighted by atomic mass is 9.97. The predicted molar refractivity (Wildman–Crippen MR) is 96.2 cm³/mol. The van der Waals surface area contributed by atoms with Gasteiger partial charge in [0.15, 0.2) is 11.5 Å². The molecule has 1 aliphatic carbocycles. The van der Waals surface area contributed by atoms with Crippen LogP contribution in [-0.2, 0) is 6.54 Å². The number of ether oxygens (including phenoxy) is 2.